The Morgan fingerprint density at radius 2 is 1.88 bits per heavy atom. The van der Waals surface area contributed by atoms with Crippen molar-refractivity contribution in [1.82, 2.24) is 0 Å². The first-order valence-corrected chi connectivity index (χ1v) is 6.02. The van der Waals surface area contributed by atoms with E-state index < -0.39 is 5.97 Å². The summed E-state index contributed by atoms with van der Waals surface area (Å²) in [4.78, 5) is 21.3. The van der Waals surface area contributed by atoms with Crippen molar-refractivity contribution in [1.29, 1.82) is 0 Å². The molecule has 0 bridgehead atoms. The number of aliphatic hydroxyl groups is 1. The van der Waals surface area contributed by atoms with E-state index in [1.807, 2.05) is 6.92 Å². The molecule has 0 aromatic rings. The van der Waals surface area contributed by atoms with Crippen LogP contribution in [0.15, 0.2) is 0 Å². The predicted molar refractivity (Wildman–Crippen MR) is 59.9 cm³/mol. The molecule has 0 aromatic heterocycles. The van der Waals surface area contributed by atoms with Crippen molar-refractivity contribution in [2.45, 2.75) is 45.4 Å². The van der Waals surface area contributed by atoms with Gasteiger partial charge in [0.1, 0.15) is 0 Å². The summed E-state index contributed by atoms with van der Waals surface area (Å²) in [5, 5.41) is 18.8. The average Bonchev–Trinajstić information content (AvgIpc) is 2.24. The molecule has 0 aliphatic carbocycles. The maximum atomic E-state index is 11.2. The summed E-state index contributed by atoms with van der Waals surface area (Å²) in [5.41, 5.74) is 0. The highest BCUT2D eigenvalue weighted by molar-refractivity contribution is 5.69. The molecule has 0 radical (unpaired) electrons. The van der Waals surface area contributed by atoms with Gasteiger partial charge in [-0.2, -0.15) is 0 Å². The molecule has 100 valence electrons. The number of unbranched alkanes of at least 4 members (excludes halogenated alkanes) is 1. The average molecular weight is 245 g/mol. The van der Waals surface area contributed by atoms with Crippen LogP contribution in [0.4, 0.5) is 0 Å². The normalized spacial score (nSPS) is 12.1. The zero-order valence-corrected chi connectivity index (χ0v) is 10.3. The third-order valence-corrected chi connectivity index (χ3v) is 2.51. The lowest BCUT2D eigenvalue weighted by Gasteiger charge is -2.09. The molecule has 0 amide bonds. The van der Waals surface area contributed by atoms with Crippen LogP contribution in [0.1, 0.15) is 45.4 Å². The Balaban J connectivity index is 3.37. The van der Waals surface area contributed by atoms with Crippen molar-refractivity contribution in [3.63, 3.8) is 0 Å². The van der Waals surface area contributed by atoms with E-state index >= 15 is 0 Å². The summed E-state index contributed by atoms with van der Waals surface area (Å²) >= 11 is 0. The van der Waals surface area contributed by atoms with Gasteiger partial charge in [0.15, 0.2) is 0 Å². The molecule has 0 fully saturated rings. The number of carboxylic acids is 1. The summed E-state index contributed by atoms with van der Waals surface area (Å²) in [6.45, 7) is 2.50. The van der Waals surface area contributed by atoms with Crippen molar-refractivity contribution < 1.29 is 24.5 Å². The van der Waals surface area contributed by atoms with Gasteiger partial charge in [-0.1, -0.05) is 6.92 Å². The van der Waals surface area contributed by atoms with E-state index in [0.717, 1.165) is 6.42 Å². The summed E-state index contributed by atoms with van der Waals surface area (Å²) in [5.74, 6) is -1.04. The molecule has 0 spiro atoms. The van der Waals surface area contributed by atoms with Crippen molar-refractivity contribution in [2.24, 2.45) is 5.92 Å². The van der Waals surface area contributed by atoms with Gasteiger partial charge < -0.3 is 19.7 Å². The Bertz CT molecular complexity index is 227. The smallest absolute Gasteiger partial charge is 0.305 e. The first-order valence-electron chi connectivity index (χ1n) is 6.02. The summed E-state index contributed by atoms with van der Waals surface area (Å²) in [6, 6.07) is 0. The van der Waals surface area contributed by atoms with Crippen molar-refractivity contribution in [3.05, 3.63) is 0 Å². The second-order valence-corrected chi connectivity index (χ2v) is 4.21. The monoisotopic (exact) mass is 245 g/mol. The number of esters is 1. The van der Waals surface area contributed by atoms with Crippen LogP contribution in [0.5, 0.6) is 0 Å². The maximum absolute atomic E-state index is 11.2. The molecule has 1 N–H and O–H groups in total. The Labute approximate surface area is 102 Å². The number of ether oxygens (including phenoxy) is 1. The zero-order chi connectivity index (χ0) is 13.1. The molecule has 0 saturated carbocycles. The highest BCUT2D eigenvalue weighted by atomic mass is 16.5. The van der Waals surface area contributed by atoms with Gasteiger partial charge in [-0.15, -0.1) is 0 Å². The second-order valence-electron chi connectivity index (χ2n) is 4.21. The SMILES string of the molecule is CC(CCO)CCOC(=O)CCCCC(=O)[O-]. The third kappa shape index (κ3) is 11.2. The van der Waals surface area contributed by atoms with Gasteiger partial charge in [0.25, 0.3) is 0 Å². The van der Waals surface area contributed by atoms with E-state index in [-0.39, 0.29) is 25.4 Å². The molecule has 1 atom stereocenters. The number of aliphatic carboxylic acids is 1. The molecule has 17 heavy (non-hydrogen) atoms. The van der Waals surface area contributed by atoms with Gasteiger partial charge in [-0.05, 0) is 38.0 Å². The first kappa shape index (κ1) is 15.9. The van der Waals surface area contributed by atoms with Crippen LogP contribution >= 0.6 is 0 Å². The van der Waals surface area contributed by atoms with Crippen molar-refractivity contribution >= 4 is 11.9 Å². The minimum atomic E-state index is -1.09. The topological polar surface area (TPSA) is 86.7 Å². The molecule has 1 unspecified atom stereocenters. The molecule has 0 saturated heterocycles. The van der Waals surface area contributed by atoms with Crippen LogP contribution in [0.25, 0.3) is 0 Å². The Morgan fingerprint density at radius 3 is 2.47 bits per heavy atom. The minimum absolute atomic E-state index is 0.0131. The summed E-state index contributed by atoms with van der Waals surface area (Å²) in [6.07, 6.45) is 2.65. The molecule has 0 heterocycles. The summed E-state index contributed by atoms with van der Waals surface area (Å²) < 4.78 is 4.98. The van der Waals surface area contributed by atoms with Crippen molar-refractivity contribution in [2.75, 3.05) is 13.2 Å². The number of hydrogen-bond donors (Lipinski definition) is 1. The third-order valence-electron chi connectivity index (χ3n) is 2.51. The fourth-order valence-corrected chi connectivity index (χ4v) is 1.35. The number of hydrogen-bond acceptors (Lipinski definition) is 5. The van der Waals surface area contributed by atoms with E-state index in [9.17, 15) is 14.7 Å². The van der Waals surface area contributed by atoms with E-state index in [1.165, 1.54) is 0 Å². The highest BCUT2D eigenvalue weighted by Gasteiger charge is 2.05. The van der Waals surface area contributed by atoms with E-state index in [2.05, 4.69) is 0 Å². The number of carbonyl (C=O) groups is 2. The second kappa shape index (κ2) is 10.1. The number of rotatable bonds is 10. The van der Waals surface area contributed by atoms with Crippen LogP contribution in [-0.4, -0.2) is 30.3 Å². The van der Waals surface area contributed by atoms with Crippen LogP contribution in [0, 0.1) is 5.92 Å². The van der Waals surface area contributed by atoms with Crippen LogP contribution in [-0.2, 0) is 14.3 Å². The lowest BCUT2D eigenvalue weighted by Crippen LogP contribution is -2.21. The molecule has 0 rings (SSSR count). The minimum Gasteiger partial charge on any atom is -0.550 e. The van der Waals surface area contributed by atoms with E-state index in [0.29, 0.717) is 31.8 Å². The highest BCUT2D eigenvalue weighted by Crippen LogP contribution is 2.07. The Morgan fingerprint density at radius 1 is 1.24 bits per heavy atom. The van der Waals surface area contributed by atoms with Crippen LogP contribution in [0.2, 0.25) is 0 Å². The largest absolute Gasteiger partial charge is 0.550 e. The van der Waals surface area contributed by atoms with Gasteiger partial charge in [0.05, 0.1) is 6.61 Å². The van der Waals surface area contributed by atoms with E-state index in [1.54, 1.807) is 0 Å². The maximum Gasteiger partial charge on any atom is 0.305 e. The fraction of sp³-hybridized carbons (Fsp3) is 0.833. The number of aliphatic hydroxyl groups excluding tert-OH is 1. The van der Waals surface area contributed by atoms with Gasteiger partial charge in [0, 0.05) is 19.0 Å². The lowest BCUT2D eigenvalue weighted by molar-refractivity contribution is -0.305. The fourth-order valence-electron chi connectivity index (χ4n) is 1.35. The molecular weight excluding hydrogens is 224 g/mol. The lowest BCUT2D eigenvalue weighted by atomic mass is 10.1. The van der Waals surface area contributed by atoms with Crippen molar-refractivity contribution in [3.8, 4) is 0 Å². The van der Waals surface area contributed by atoms with Gasteiger partial charge >= 0.3 is 5.97 Å². The van der Waals surface area contributed by atoms with Gasteiger partial charge in [-0.25, -0.2) is 0 Å². The first-order chi connectivity index (χ1) is 8.06. The molecule has 5 nitrogen and oxygen atoms in total. The molecule has 5 heteroatoms. The van der Waals surface area contributed by atoms with Crippen LogP contribution < -0.4 is 5.11 Å². The van der Waals surface area contributed by atoms with Gasteiger partial charge in [0.2, 0.25) is 0 Å². The Hall–Kier alpha value is -1.10. The quantitative estimate of drug-likeness (QED) is 0.440. The molecule has 0 aliphatic heterocycles. The van der Waals surface area contributed by atoms with Crippen LogP contribution in [0.3, 0.4) is 0 Å². The van der Waals surface area contributed by atoms with Gasteiger partial charge in [-0.3, -0.25) is 4.79 Å². The Kier molecular flexibility index (Phi) is 9.43. The molecule has 0 aliphatic rings. The molecule has 0 aromatic carbocycles. The molecular formula is C12H21O5-. The van der Waals surface area contributed by atoms with E-state index in [4.69, 9.17) is 9.84 Å². The zero-order valence-electron chi connectivity index (χ0n) is 10.3. The number of carbonyl (C=O) groups excluding carboxylic acids is 2. The standard InChI is InChI=1S/C12H22O5/c1-10(6-8-13)7-9-17-12(16)5-3-2-4-11(14)15/h10,13H,2-9H2,1H3,(H,14,15)/p-1. The number of carboxylic acid groups (broad SMARTS) is 1. The summed E-state index contributed by atoms with van der Waals surface area (Å²) in [7, 11) is 0. The predicted octanol–water partition coefficient (Wildman–Crippen LogP) is 0.248.